The molecule has 28 heavy (non-hydrogen) atoms. The minimum atomic E-state index is -3.75. The standard InChI is InChI=1S/C17H30N4O5S2/c1-14-17(15(2)26-18-14)28(24,25)20-12-7-16(13-20)21(27(3,22)23)11-6-10-19-8-4-5-9-19/h16H,4-13H2,1-3H3. The smallest absolute Gasteiger partial charge is 0.248 e. The fourth-order valence-electron chi connectivity index (χ4n) is 4.21. The van der Waals surface area contributed by atoms with Gasteiger partial charge < -0.3 is 9.42 Å². The van der Waals surface area contributed by atoms with Crippen LogP contribution in [0.2, 0.25) is 0 Å². The van der Waals surface area contributed by atoms with Gasteiger partial charge in [-0.2, -0.15) is 8.61 Å². The van der Waals surface area contributed by atoms with Crippen LogP contribution in [0, 0.1) is 13.8 Å². The Hall–Kier alpha value is -1.01. The van der Waals surface area contributed by atoms with Gasteiger partial charge in [-0.05, 0) is 59.2 Å². The zero-order valence-corrected chi connectivity index (χ0v) is 18.4. The molecule has 9 nitrogen and oxygen atoms in total. The summed E-state index contributed by atoms with van der Waals surface area (Å²) in [5.74, 6) is 0.256. The fourth-order valence-corrected chi connectivity index (χ4v) is 7.17. The van der Waals surface area contributed by atoms with Crippen molar-refractivity contribution in [3.05, 3.63) is 11.5 Å². The molecule has 2 aliphatic rings. The van der Waals surface area contributed by atoms with Gasteiger partial charge in [0, 0.05) is 25.7 Å². The van der Waals surface area contributed by atoms with E-state index in [-0.39, 0.29) is 29.8 Å². The maximum absolute atomic E-state index is 13.0. The molecule has 0 saturated carbocycles. The third kappa shape index (κ3) is 4.59. The van der Waals surface area contributed by atoms with Gasteiger partial charge in [-0.1, -0.05) is 5.16 Å². The summed E-state index contributed by atoms with van der Waals surface area (Å²) in [6, 6.07) is -0.344. The van der Waals surface area contributed by atoms with Gasteiger partial charge in [-0.3, -0.25) is 0 Å². The Morgan fingerprint density at radius 3 is 2.39 bits per heavy atom. The van der Waals surface area contributed by atoms with Crippen LogP contribution in [-0.4, -0.2) is 87.1 Å². The maximum atomic E-state index is 13.0. The molecule has 11 heteroatoms. The molecular weight excluding hydrogens is 404 g/mol. The Morgan fingerprint density at radius 2 is 1.82 bits per heavy atom. The molecule has 3 heterocycles. The van der Waals surface area contributed by atoms with Crippen LogP contribution in [0.3, 0.4) is 0 Å². The predicted molar refractivity (Wildman–Crippen MR) is 105 cm³/mol. The van der Waals surface area contributed by atoms with Crippen molar-refractivity contribution in [1.82, 2.24) is 18.7 Å². The molecule has 1 atom stereocenters. The van der Waals surface area contributed by atoms with E-state index < -0.39 is 20.0 Å². The second-order valence-electron chi connectivity index (χ2n) is 7.73. The molecule has 0 bridgehead atoms. The van der Waals surface area contributed by atoms with Crippen LogP contribution in [0.25, 0.3) is 0 Å². The van der Waals surface area contributed by atoms with Crippen molar-refractivity contribution < 1.29 is 21.4 Å². The summed E-state index contributed by atoms with van der Waals surface area (Å²) < 4.78 is 58.5. The van der Waals surface area contributed by atoms with Gasteiger partial charge in [0.25, 0.3) is 0 Å². The molecule has 3 rings (SSSR count). The molecule has 0 aromatic carbocycles. The van der Waals surface area contributed by atoms with Gasteiger partial charge in [0.2, 0.25) is 20.0 Å². The predicted octanol–water partition coefficient (Wildman–Crippen LogP) is 0.802. The molecule has 0 N–H and O–H groups in total. The Bertz CT molecular complexity index is 871. The Morgan fingerprint density at radius 1 is 1.14 bits per heavy atom. The maximum Gasteiger partial charge on any atom is 0.248 e. The monoisotopic (exact) mass is 434 g/mol. The topological polar surface area (TPSA) is 104 Å². The van der Waals surface area contributed by atoms with E-state index in [2.05, 4.69) is 10.1 Å². The zero-order chi connectivity index (χ0) is 20.5. The summed E-state index contributed by atoms with van der Waals surface area (Å²) >= 11 is 0. The first-order chi connectivity index (χ1) is 13.1. The van der Waals surface area contributed by atoms with E-state index in [0.717, 1.165) is 26.1 Å². The number of aromatic nitrogens is 1. The third-order valence-electron chi connectivity index (χ3n) is 5.58. The van der Waals surface area contributed by atoms with E-state index in [1.165, 1.54) is 27.7 Å². The molecule has 0 spiro atoms. The quantitative estimate of drug-likeness (QED) is 0.596. The molecular formula is C17H30N4O5S2. The second-order valence-corrected chi connectivity index (χ2v) is 11.5. The number of rotatable bonds is 8. The lowest BCUT2D eigenvalue weighted by Gasteiger charge is -2.27. The zero-order valence-electron chi connectivity index (χ0n) is 16.8. The average molecular weight is 435 g/mol. The molecule has 0 amide bonds. The first-order valence-corrected chi connectivity index (χ1v) is 13.0. The van der Waals surface area contributed by atoms with Crippen molar-refractivity contribution in [2.75, 3.05) is 45.5 Å². The number of sulfonamides is 2. The minimum absolute atomic E-state index is 0.0908. The van der Waals surface area contributed by atoms with Crippen LogP contribution in [0.4, 0.5) is 0 Å². The molecule has 1 aromatic heterocycles. The number of hydrogen-bond acceptors (Lipinski definition) is 7. The van der Waals surface area contributed by atoms with Crippen LogP contribution in [-0.2, 0) is 20.0 Å². The van der Waals surface area contributed by atoms with Crippen LogP contribution in [0.5, 0.6) is 0 Å². The van der Waals surface area contributed by atoms with Gasteiger partial charge in [-0.15, -0.1) is 0 Å². The number of likely N-dealkylation sites (tertiary alicyclic amines) is 1. The summed E-state index contributed by atoms with van der Waals surface area (Å²) in [5, 5.41) is 3.73. The summed E-state index contributed by atoms with van der Waals surface area (Å²) in [6.45, 7) is 7.05. The third-order valence-corrected chi connectivity index (χ3v) is 9.02. The van der Waals surface area contributed by atoms with Crippen molar-refractivity contribution in [2.24, 2.45) is 0 Å². The molecule has 2 saturated heterocycles. The van der Waals surface area contributed by atoms with Gasteiger partial charge in [-0.25, -0.2) is 16.8 Å². The lowest BCUT2D eigenvalue weighted by molar-refractivity contribution is 0.282. The van der Waals surface area contributed by atoms with E-state index in [1.54, 1.807) is 13.8 Å². The van der Waals surface area contributed by atoms with Crippen LogP contribution >= 0.6 is 0 Å². The van der Waals surface area contributed by atoms with E-state index in [0.29, 0.717) is 18.7 Å². The summed E-state index contributed by atoms with van der Waals surface area (Å²) in [7, 11) is -7.18. The largest absolute Gasteiger partial charge is 0.360 e. The number of hydrogen-bond donors (Lipinski definition) is 0. The SMILES string of the molecule is Cc1noc(C)c1S(=O)(=O)N1CCC(N(CCCN2CCCC2)S(C)(=O)=O)C1. The molecule has 1 unspecified atom stereocenters. The van der Waals surface area contributed by atoms with E-state index in [1.807, 2.05) is 0 Å². The van der Waals surface area contributed by atoms with Crippen LogP contribution < -0.4 is 0 Å². The van der Waals surface area contributed by atoms with Gasteiger partial charge in [0.1, 0.15) is 10.6 Å². The summed E-state index contributed by atoms with van der Waals surface area (Å²) in [6.07, 6.45) is 4.84. The fraction of sp³-hybridized carbons (Fsp3) is 0.824. The van der Waals surface area contributed by atoms with Crippen molar-refractivity contribution in [1.29, 1.82) is 0 Å². The van der Waals surface area contributed by atoms with E-state index in [4.69, 9.17) is 4.52 Å². The first-order valence-electron chi connectivity index (χ1n) is 9.73. The lowest BCUT2D eigenvalue weighted by Crippen LogP contribution is -2.43. The first kappa shape index (κ1) is 21.7. The molecule has 0 radical (unpaired) electrons. The Balaban J connectivity index is 1.68. The average Bonchev–Trinajstić information content (AvgIpc) is 3.32. The van der Waals surface area contributed by atoms with Crippen molar-refractivity contribution in [3.8, 4) is 0 Å². The van der Waals surface area contributed by atoms with E-state index in [9.17, 15) is 16.8 Å². The highest BCUT2D eigenvalue weighted by Crippen LogP contribution is 2.28. The molecule has 160 valence electrons. The van der Waals surface area contributed by atoms with E-state index >= 15 is 0 Å². The summed E-state index contributed by atoms with van der Waals surface area (Å²) in [4.78, 5) is 2.44. The normalized spacial score (nSPS) is 22.5. The lowest BCUT2D eigenvalue weighted by atomic mass is 10.2. The van der Waals surface area contributed by atoms with Gasteiger partial charge in [0.15, 0.2) is 5.76 Å². The molecule has 1 aromatic rings. The Labute approximate surface area is 167 Å². The Kier molecular flexibility index (Phi) is 6.50. The molecule has 0 aliphatic carbocycles. The molecule has 2 aliphatic heterocycles. The van der Waals surface area contributed by atoms with Gasteiger partial charge in [0.05, 0.1) is 6.26 Å². The number of nitrogens with zero attached hydrogens (tertiary/aromatic N) is 4. The highest BCUT2D eigenvalue weighted by molar-refractivity contribution is 7.89. The number of aryl methyl sites for hydroxylation is 2. The van der Waals surface area contributed by atoms with Crippen LogP contribution in [0.15, 0.2) is 9.42 Å². The second kappa shape index (κ2) is 8.39. The van der Waals surface area contributed by atoms with Gasteiger partial charge >= 0.3 is 0 Å². The van der Waals surface area contributed by atoms with Crippen molar-refractivity contribution in [3.63, 3.8) is 0 Å². The highest BCUT2D eigenvalue weighted by Gasteiger charge is 2.40. The summed E-state index contributed by atoms with van der Waals surface area (Å²) in [5.41, 5.74) is 0.325. The van der Waals surface area contributed by atoms with Crippen LogP contribution in [0.1, 0.15) is 37.1 Å². The minimum Gasteiger partial charge on any atom is -0.360 e. The van der Waals surface area contributed by atoms with Crippen molar-refractivity contribution in [2.45, 2.75) is 50.5 Å². The molecule has 2 fully saturated rings. The highest BCUT2D eigenvalue weighted by atomic mass is 32.2. The van der Waals surface area contributed by atoms with Crippen molar-refractivity contribution >= 4 is 20.0 Å².